The van der Waals surface area contributed by atoms with Crippen molar-refractivity contribution in [3.05, 3.63) is 29.8 Å². The fourth-order valence-electron chi connectivity index (χ4n) is 1.62. The molecular weight excluding hydrogens is 214 g/mol. The molecule has 0 aromatic heterocycles. The molecule has 1 aromatic carbocycles. The lowest BCUT2D eigenvalue weighted by Gasteiger charge is -2.17. The van der Waals surface area contributed by atoms with E-state index in [1.807, 2.05) is 12.1 Å². The van der Waals surface area contributed by atoms with E-state index in [1.165, 1.54) is 0 Å². The number of carbonyl (C=O) groups excluding carboxylic acids is 1. The van der Waals surface area contributed by atoms with Crippen molar-refractivity contribution in [2.24, 2.45) is 0 Å². The molecule has 1 rings (SSSR count). The van der Waals surface area contributed by atoms with Crippen LogP contribution in [0.3, 0.4) is 0 Å². The van der Waals surface area contributed by atoms with Gasteiger partial charge < -0.3 is 9.64 Å². The Kier molecular flexibility index (Phi) is 5.70. The van der Waals surface area contributed by atoms with Gasteiger partial charge in [-0.05, 0) is 44.3 Å². The number of benzene rings is 1. The SMILES string of the molecule is CCN(CC)CCOc1ccc(C(C)=O)cc1. The molecule has 94 valence electrons. The van der Waals surface area contributed by atoms with Crippen LogP contribution in [0.4, 0.5) is 0 Å². The van der Waals surface area contributed by atoms with Gasteiger partial charge >= 0.3 is 0 Å². The lowest BCUT2D eigenvalue weighted by atomic mass is 10.1. The molecule has 0 unspecified atom stereocenters. The molecule has 0 saturated carbocycles. The molecule has 0 bridgehead atoms. The number of ether oxygens (including phenoxy) is 1. The van der Waals surface area contributed by atoms with E-state index in [0.29, 0.717) is 6.61 Å². The van der Waals surface area contributed by atoms with Crippen molar-refractivity contribution in [2.45, 2.75) is 20.8 Å². The Hall–Kier alpha value is -1.35. The highest BCUT2D eigenvalue weighted by molar-refractivity contribution is 5.94. The average Bonchev–Trinajstić information content (AvgIpc) is 2.35. The second-order valence-corrected chi connectivity index (χ2v) is 3.96. The molecule has 3 heteroatoms. The first kappa shape index (κ1) is 13.7. The van der Waals surface area contributed by atoms with Gasteiger partial charge in [-0.3, -0.25) is 4.79 Å². The first-order valence-corrected chi connectivity index (χ1v) is 6.13. The van der Waals surface area contributed by atoms with E-state index in [-0.39, 0.29) is 5.78 Å². The summed E-state index contributed by atoms with van der Waals surface area (Å²) in [5.41, 5.74) is 0.723. The Morgan fingerprint density at radius 3 is 2.24 bits per heavy atom. The van der Waals surface area contributed by atoms with Gasteiger partial charge in [-0.1, -0.05) is 13.8 Å². The quantitative estimate of drug-likeness (QED) is 0.680. The van der Waals surface area contributed by atoms with Gasteiger partial charge in [0.05, 0.1) is 0 Å². The first-order valence-electron chi connectivity index (χ1n) is 6.13. The van der Waals surface area contributed by atoms with Crippen LogP contribution in [-0.2, 0) is 0 Å². The van der Waals surface area contributed by atoms with Crippen molar-refractivity contribution in [2.75, 3.05) is 26.2 Å². The minimum absolute atomic E-state index is 0.0830. The second-order valence-electron chi connectivity index (χ2n) is 3.96. The predicted octanol–water partition coefficient (Wildman–Crippen LogP) is 2.61. The number of ketones is 1. The van der Waals surface area contributed by atoms with Crippen LogP contribution in [0.1, 0.15) is 31.1 Å². The lowest BCUT2D eigenvalue weighted by molar-refractivity contribution is 0.101. The van der Waals surface area contributed by atoms with Gasteiger partial charge in [-0.25, -0.2) is 0 Å². The molecule has 0 heterocycles. The minimum atomic E-state index is 0.0830. The summed E-state index contributed by atoms with van der Waals surface area (Å²) in [4.78, 5) is 13.4. The highest BCUT2D eigenvalue weighted by atomic mass is 16.5. The first-order chi connectivity index (χ1) is 8.17. The summed E-state index contributed by atoms with van der Waals surface area (Å²) >= 11 is 0. The van der Waals surface area contributed by atoms with Crippen molar-refractivity contribution < 1.29 is 9.53 Å². The molecule has 3 nitrogen and oxygen atoms in total. The summed E-state index contributed by atoms with van der Waals surface area (Å²) in [6.07, 6.45) is 0. The Morgan fingerprint density at radius 2 is 1.76 bits per heavy atom. The highest BCUT2D eigenvalue weighted by Crippen LogP contribution is 2.12. The summed E-state index contributed by atoms with van der Waals surface area (Å²) in [5.74, 6) is 0.904. The van der Waals surface area contributed by atoms with E-state index >= 15 is 0 Å². The van der Waals surface area contributed by atoms with Crippen molar-refractivity contribution in [1.29, 1.82) is 0 Å². The Labute approximate surface area is 103 Å². The summed E-state index contributed by atoms with van der Waals surface area (Å²) in [5, 5.41) is 0. The van der Waals surface area contributed by atoms with Gasteiger partial charge in [-0.2, -0.15) is 0 Å². The maximum atomic E-state index is 11.1. The highest BCUT2D eigenvalue weighted by Gasteiger charge is 2.01. The molecule has 0 saturated heterocycles. The van der Waals surface area contributed by atoms with E-state index in [2.05, 4.69) is 18.7 Å². The van der Waals surface area contributed by atoms with Crippen molar-refractivity contribution >= 4 is 5.78 Å². The molecule has 0 aliphatic heterocycles. The Morgan fingerprint density at radius 1 is 1.18 bits per heavy atom. The zero-order chi connectivity index (χ0) is 12.7. The van der Waals surface area contributed by atoms with E-state index in [4.69, 9.17) is 4.74 Å². The van der Waals surface area contributed by atoms with Crippen LogP contribution in [0.5, 0.6) is 5.75 Å². The molecule has 0 amide bonds. The average molecular weight is 235 g/mol. The van der Waals surface area contributed by atoms with Crippen LogP contribution >= 0.6 is 0 Å². The van der Waals surface area contributed by atoms with Crippen molar-refractivity contribution in [3.8, 4) is 5.75 Å². The van der Waals surface area contributed by atoms with Gasteiger partial charge in [-0.15, -0.1) is 0 Å². The Bertz CT molecular complexity index is 342. The molecule has 0 N–H and O–H groups in total. The molecule has 0 aliphatic carbocycles. The van der Waals surface area contributed by atoms with Crippen LogP contribution in [0.15, 0.2) is 24.3 Å². The van der Waals surface area contributed by atoms with Crippen LogP contribution in [0.25, 0.3) is 0 Å². The molecule has 0 radical (unpaired) electrons. The molecule has 0 fully saturated rings. The predicted molar refractivity (Wildman–Crippen MR) is 69.7 cm³/mol. The zero-order valence-electron chi connectivity index (χ0n) is 10.9. The summed E-state index contributed by atoms with van der Waals surface area (Å²) in [6, 6.07) is 7.29. The second kappa shape index (κ2) is 7.07. The summed E-state index contributed by atoms with van der Waals surface area (Å²) in [7, 11) is 0. The maximum Gasteiger partial charge on any atom is 0.159 e. The smallest absolute Gasteiger partial charge is 0.159 e. The molecule has 0 atom stereocenters. The monoisotopic (exact) mass is 235 g/mol. The Balaban J connectivity index is 2.39. The number of rotatable bonds is 7. The van der Waals surface area contributed by atoms with E-state index in [1.54, 1.807) is 19.1 Å². The molecular formula is C14H21NO2. The third kappa shape index (κ3) is 4.57. The third-order valence-electron chi connectivity index (χ3n) is 2.83. The number of hydrogen-bond donors (Lipinski definition) is 0. The van der Waals surface area contributed by atoms with Gasteiger partial charge in [0.1, 0.15) is 12.4 Å². The number of likely N-dealkylation sites (N-methyl/N-ethyl adjacent to an activating group) is 1. The maximum absolute atomic E-state index is 11.1. The summed E-state index contributed by atoms with van der Waals surface area (Å²) in [6.45, 7) is 9.56. The topological polar surface area (TPSA) is 29.5 Å². The molecule has 17 heavy (non-hydrogen) atoms. The lowest BCUT2D eigenvalue weighted by Crippen LogP contribution is -2.27. The number of carbonyl (C=O) groups is 1. The molecule has 0 spiro atoms. The summed E-state index contributed by atoms with van der Waals surface area (Å²) < 4.78 is 5.62. The minimum Gasteiger partial charge on any atom is -0.492 e. The van der Waals surface area contributed by atoms with Crippen LogP contribution in [-0.4, -0.2) is 36.9 Å². The van der Waals surface area contributed by atoms with Crippen LogP contribution in [0.2, 0.25) is 0 Å². The third-order valence-corrected chi connectivity index (χ3v) is 2.83. The number of Topliss-reactive ketones (excluding diaryl/α,β-unsaturated/α-hetero) is 1. The van der Waals surface area contributed by atoms with Gasteiger partial charge in [0.25, 0.3) is 0 Å². The van der Waals surface area contributed by atoms with E-state index < -0.39 is 0 Å². The van der Waals surface area contributed by atoms with Gasteiger partial charge in [0.2, 0.25) is 0 Å². The van der Waals surface area contributed by atoms with Crippen LogP contribution < -0.4 is 4.74 Å². The number of hydrogen-bond acceptors (Lipinski definition) is 3. The van der Waals surface area contributed by atoms with Crippen molar-refractivity contribution in [3.63, 3.8) is 0 Å². The largest absolute Gasteiger partial charge is 0.492 e. The fourth-order valence-corrected chi connectivity index (χ4v) is 1.62. The zero-order valence-corrected chi connectivity index (χ0v) is 10.9. The normalized spacial score (nSPS) is 10.6. The molecule has 1 aromatic rings. The number of nitrogens with zero attached hydrogens (tertiary/aromatic N) is 1. The van der Waals surface area contributed by atoms with Gasteiger partial charge in [0, 0.05) is 12.1 Å². The molecule has 0 aliphatic rings. The van der Waals surface area contributed by atoms with Gasteiger partial charge in [0.15, 0.2) is 5.78 Å². The van der Waals surface area contributed by atoms with Crippen LogP contribution in [0, 0.1) is 0 Å². The van der Waals surface area contributed by atoms with Crippen molar-refractivity contribution in [1.82, 2.24) is 4.90 Å². The van der Waals surface area contributed by atoms with E-state index in [0.717, 1.165) is 30.9 Å². The van der Waals surface area contributed by atoms with E-state index in [9.17, 15) is 4.79 Å². The standard InChI is InChI=1S/C14H21NO2/c1-4-15(5-2)10-11-17-14-8-6-13(7-9-14)12(3)16/h6-9H,4-5,10-11H2,1-3H3. The fraction of sp³-hybridized carbons (Fsp3) is 0.500.